The molecule has 0 aliphatic carbocycles. The summed E-state index contributed by atoms with van der Waals surface area (Å²) >= 11 is 0. The molecule has 1 aliphatic rings. The van der Waals surface area contributed by atoms with Gasteiger partial charge in [-0.3, -0.25) is 4.90 Å². The fourth-order valence-corrected chi connectivity index (χ4v) is 3.60. The average molecular weight is 412 g/mol. The maximum atomic E-state index is 12.8. The summed E-state index contributed by atoms with van der Waals surface area (Å²) in [5.74, 6) is 0.128. The molecular formula is C23H29N3O4. The summed E-state index contributed by atoms with van der Waals surface area (Å²) in [5, 5.41) is 0. The van der Waals surface area contributed by atoms with Gasteiger partial charge in [-0.25, -0.2) is 14.6 Å². The van der Waals surface area contributed by atoms with Gasteiger partial charge < -0.3 is 15.2 Å². The predicted octanol–water partition coefficient (Wildman–Crippen LogP) is 3.58. The number of hydrogen-bond acceptors (Lipinski definition) is 6. The van der Waals surface area contributed by atoms with Gasteiger partial charge in [0.25, 0.3) is 0 Å². The smallest absolute Gasteiger partial charge is 0.411 e. The first kappa shape index (κ1) is 21.6. The average Bonchev–Trinajstić information content (AvgIpc) is 3.10. The second-order valence-electron chi connectivity index (χ2n) is 8.64. The van der Waals surface area contributed by atoms with E-state index in [0.29, 0.717) is 25.2 Å². The van der Waals surface area contributed by atoms with E-state index in [1.807, 2.05) is 42.5 Å². The molecular weight excluding hydrogens is 382 g/mol. The number of amides is 1. The number of nitrogen functional groups attached to an aromatic ring is 1. The first-order valence-electron chi connectivity index (χ1n) is 10.1. The van der Waals surface area contributed by atoms with Gasteiger partial charge in [0.05, 0.1) is 0 Å². The quantitative estimate of drug-likeness (QED) is 0.756. The Morgan fingerprint density at radius 3 is 2.57 bits per heavy atom. The third kappa shape index (κ3) is 5.95. The lowest BCUT2D eigenvalue weighted by molar-refractivity contribution is -0.150. The van der Waals surface area contributed by atoms with E-state index in [0.717, 1.165) is 11.1 Å². The van der Waals surface area contributed by atoms with Gasteiger partial charge in [0, 0.05) is 12.7 Å². The molecule has 1 amide bonds. The van der Waals surface area contributed by atoms with E-state index in [4.69, 9.17) is 15.2 Å². The molecule has 1 fully saturated rings. The minimum atomic E-state index is -0.673. The third-order valence-electron chi connectivity index (χ3n) is 4.88. The maximum absolute atomic E-state index is 12.8. The van der Waals surface area contributed by atoms with E-state index in [-0.39, 0.29) is 12.5 Å². The molecule has 0 radical (unpaired) electrons. The van der Waals surface area contributed by atoms with E-state index in [1.54, 1.807) is 27.0 Å². The Kier molecular flexibility index (Phi) is 6.59. The zero-order valence-electron chi connectivity index (χ0n) is 17.7. The van der Waals surface area contributed by atoms with Crippen LogP contribution in [0.25, 0.3) is 0 Å². The van der Waals surface area contributed by atoms with E-state index in [2.05, 4.69) is 4.98 Å². The first-order valence-corrected chi connectivity index (χ1v) is 10.1. The van der Waals surface area contributed by atoms with Crippen LogP contribution in [0.4, 0.5) is 10.6 Å². The van der Waals surface area contributed by atoms with Gasteiger partial charge in [-0.1, -0.05) is 30.3 Å². The number of hydrogen-bond donors (Lipinski definition) is 1. The number of nitrogens with zero attached hydrogens (tertiary/aromatic N) is 2. The molecule has 30 heavy (non-hydrogen) atoms. The monoisotopic (exact) mass is 411 g/mol. The van der Waals surface area contributed by atoms with Crippen molar-refractivity contribution in [2.45, 2.75) is 51.9 Å². The van der Waals surface area contributed by atoms with Crippen molar-refractivity contribution in [2.75, 3.05) is 12.3 Å². The molecule has 7 heteroatoms. The fraction of sp³-hybridized carbons (Fsp3) is 0.435. The number of esters is 1. The molecule has 1 aromatic carbocycles. The Balaban J connectivity index is 1.71. The van der Waals surface area contributed by atoms with Crippen LogP contribution >= 0.6 is 0 Å². The molecule has 2 aromatic rings. The van der Waals surface area contributed by atoms with Gasteiger partial charge in [-0.2, -0.15) is 0 Å². The molecule has 0 saturated carbocycles. The van der Waals surface area contributed by atoms with Crippen LogP contribution in [0.2, 0.25) is 0 Å². The lowest BCUT2D eigenvalue weighted by Crippen LogP contribution is -2.44. The topological polar surface area (TPSA) is 94.8 Å². The molecule has 2 heterocycles. The molecule has 0 unspecified atom stereocenters. The lowest BCUT2D eigenvalue weighted by Gasteiger charge is -2.27. The van der Waals surface area contributed by atoms with Crippen molar-refractivity contribution in [1.29, 1.82) is 0 Å². The van der Waals surface area contributed by atoms with Gasteiger partial charge in [0.2, 0.25) is 0 Å². The van der Waals surface area contributed by atoms with E-state index >= 15 is 0 Å². The first-order chi connectivity index (χ1) is 14.2. The zero-order chi connectivity index (χ0) is 21.7. The van der Waals surface area contributed by atoms with Crippen molar-refractivity contribution in [2.24, 2.45) is 5.92 Å². The molecule has 3 rings (SSSR count). The molecule has 1 saturated heterocycles. The Bertz CT molecular complexity index is 880. The molecule has 2 N–H and O–H groups in total. The van der Waals surface area contributed by atoms with Gasteiger partial charge in [0.15, 0.2) is 0 Å². The zero-order valence-corrected chi connectivity index (χ0v) is 17.7. The largest absolute Gasteiger partial charge is 0.459 e. The summed E-state index contributed by atoms with van der Waals surface area (Å²) < 4.78 is 11.1. The minimum Gasteiger partial charge on any atom is -0.459 e. The third-order valence-corrected chi connectivity index (χ3v) is 4.88. The fourth-order valence-electron chi connectivity index (χ4n) is 3.60. The highest BCUT2D eigenvalue weighted by molar-refractivity contribution is 5.82. The van der Waals surface area contributed by atoms with Gasteiger partial charge in [-0.15, -0.1) is 0 Å². The summed E-state index contributed by atoms with van der Waals surface area (Å²) in [6.45, 7) is 6.01. The Labute approximate surface area is 177 Å². The Hall–Kier alpha value is -3.09. The van der Waals surface area contributed by atoms with Crippen molar-refractivity contribution < 1.29 is 19.1 Å². The molecule has 0 bridgehead atoms. The number of aromatic nitrogens is 1. The van der Waals surface area contributed by atoms with Crippen LogP contribution in [-0.4, -0.2) is 40.1 Å². The van der Waals surface area contributed by atoms with E-state index in [9.17, 15) is 9.59 Å². The van der Waals surface area contributed by atoms with Crippen LogP contribution in [0.3, 0.4) is 0 Å². The van der Waals surface area contributed by atoms with Crippen LogP contribution in [0.15, 0.2) is 48.7 Å². The highest BCUT2D eigenvalue weighted by atomic mass is 16.6. The number of likely N-dealkylation sites (tertiary alicyclic amines) is 1. The van der Waals surface area contributed by atoms with Crippen LogP contribution in [-0.2, 0) is 27.3 Å². The second-order valence-corrected chi connectivity index (χ2v) is 8.64. The minimum absolute atomic E-state index is 0.0913. The number of nitrogens with two attached hydrogens (primary N) is 1. The summed E-state index contributed by atoms with van der Waals surface area (Å²) in [4.78, 5) is 31.1. The lowest BCUT2D eigenvalue weighted by atomic mass is 9.97. The SMILES string of the molecule is CC(C)(C)OC(=O)N1C[C@@H](Cc2ccnc(N)c2)C[C@@H]1C(=O)OCc1ccccc1. The van der Waals surface area contributed by atoms with Crippen molar-refractivity contribution in [3.63, 3.8) is 0 Å². The number of pyridine rings is 1. The van der Waals surface area contributed by atoms with Gasteiger partial charge in [0.1, 0.15) is 24.1 Å². The molecule has 2 atom stereocenters. The van der Waals surface area contributed by atoms with Gasteiger partial charge >= 0.3 is 12.1 Å². The van der Waals surface area contributed by atoms with Crippen molar-refractivity contribution in [3.8, 4) is 0 Å². The van der Waals surface area contributed by atoms with Gasteiger partial charge in [-0.05, 0) is 62.8 Å². The van der Waals surface area contributed by atoms with Crippen molar-refractivity contribution in [3.05, 3.63) is 59.8 Å². The van der Waals surface area contributed by atoms with Crippen LogP contribution < -0.4 is 5.73 Å². The maximum Gasteiger partial charge on any atom is 0.411 e. The van der Waals surface area contributed by atoms with E-state index < -0.39 is 23.7 Å². The number of ether oxygens (including phenoxy) is 2. The molecule has 1 aliphatic heterocycles. The summed E-state index contributed by atoms with van der Waals surface area (Å²) in [6.07, 6.45) is 2.36. The number of benzene rings is 1. The molecule has 160 valence electrons. The molecule has 7 nitrogen and oxygen atoms in total. The highest BCUT2D eigenvalue weighted by Crippen LogP contribution is 2.29. The summed E-state index contributed by atoms with van der Waals surface area (Å²) in [6, 6.07) is 12.5. The van der Waals surface area contributed by atoms with Crippen molar-refractivity contribution >= 4 is 17.9 Å². The normalized spacial score (nSPS) is 18.8. The Morgan fingerprint density at radius 2 is 1.90 bits per heavy atom. The number of anilines is 1. The molecule has 0 spiro atoms. The predicted molar refractivity (Wildman–Crippen MR) is 113 cm³/mol. The summed E-state index contributed by atoms with van der Waals surface area (Å²) in [7, 11) is 0. The number of rotatable bonds is 5. The molecule has 1 aromatic heterocycles. The van der Waals surface area contributed by atoms with Crippen molar-refractivity contribution in [1.82, 2.24) is 9.88 Å². The van der Waals surface area contributed by atoms with Crippen LogP contribution in [0, 0.1) is 5.92 Å². The standard InChI is InChI=1S/C23H29N3O4/c1-23(2,3)30-22(28)26-14-18(11-17-9-10-25-20(24)13-17)12-19(26)21(27)29-15-16-7-5-4-6-8-16/h4-10,13,18-19H,11-12,14-15H2,1-3H3,(H2,24,25)/t18-,19+/m0/s1. The number of carbonyl (C=O) groups is 2. The highest BCUT2D eigenvalue weighted by Gasteiger charge is 2.42. The second kappa shape index (κ2) is 9.15. The van der Waals surface area contributed by atoms with Crippen LogP contribution in [0.1, 0.15) is 38.3 Å². The summed E-state index contributed by atoms with van der Waals surface area (Å²) in [5.41, 5.74) is 7.06. The Morgan fingerprint density at radius 1 is 1.17 bits per heavy atom. The van der Waals surface area contributed by atoms with Crippen LogP contribution in [0.5, 0.6) is 0 Å². The number of carbonyl (C=O) groups excluding carboxylic acids is 2. The van der Waals surface area contributed by atoms with E-state index in [1.165, 1.54) is 4.90 Å².